The quantitative estimate of drug-likeness (QED) is 0.627. The average molecular weight is 316 g/mol. The Balaban J connectivity index is 1.74. The molecule has 1 saturated carbocycles. The molecule has 0 N–H and O–H groups in total. The number of quaternary nitrogens is 1. The highest BCUT2D eigenvalue weighted by atomic mass is 16.5. The lowest BCUT2D eigenvalue weighted by atomic mass is 9.63. The van der Waals surface area contributed by atoms with Crippen molar-refractivity contribution in [1.82, 2.24) is 0 Å². The highest BCUT2D eigenvalue weighted by molar-refractivity contribution is 5.83. The second-order valence-electron chi connectivity index (χ2n) is 8.18. The summed E-state index contributed by atoms with van der Waals surface area (Å²) in [4.78, 5) is 13.1. The molecule has 3 rings (SSSR count). The van der Waals surface area contributed by atoms with E-state index >= 15 is 0 Å². The average Bonchev–Trinajstić information content (AvgIpc) is 2.48. The van der Waals surface area contributed by atoms with Crippen LogP contribution in [-0.4, -0.2) is 43.7 Å². The fourth-order valence-corrected chi connectivity index (χ4v) is 3.92. The molecule has 1 aliphatic carbocycles. The summed E-state index contributed by atoms with van der Waals surface area (Å²) in [6.07, 6.45) is 5.55. The van der Waals surface area contributed by atoms with Crippen molar-refractivity contribution in [3.8, 4) is 0 Å². The molecule has 1 atom stereocenters. The lowest BCUT2D eigenvalue weighted by Crippen LogP contribution is -2.50. The molecule has 2 fully saturated rings. The molecule has 1 aromatic carbocycles. The van der Waals surface area contributed by atoms with Gasteiger partial charge in [0.2, 0.25) is 0 Å². The second-order valence-corrected chi connectivity index (χ2v) is 8.18. The number of carbonyl (C=O) groups excluding carboxylic acids is 1. The summed E-state index contributed by atoms with van der Waals surface area (Å²) in [5.74, 6) is 0.416. The number of ether oxygens (including phenoxy) is 1. The van der Waals surface area contributed by atoms with Gasteiger partial charge in [0, 0.05) is 12.8 Å². The van der Waals surface area contributed by atoms with Crippen molar-refractivity contribution in [1.29, 1.82) is 0 Å². The molecule has 0 aromatic heterocycles. The van der Waals surface area contributed by atoms with E-state index in [1.54, 1.807) is 0 Å². The molecule has 3 heteroatoms. The minimum Gasteiger partial charge on any atom is -0.461 e. The Morgan fingerprint density at radius 3 is 2.22 bits per heavy atom. The highest BCUT2D eigenvalue weighted by Gasteiger charge is 2.47. The summed E-state index contributed by atoms with van der Waals surface area (Å²) in [6, 6.07) is 10.2. The first kappa shape index (κ1) is 16.5. The van der Waals surface area contributed by atoms with Crippen LogP contribution in [0, 0.1) is 5.92 Å². The fraction of sp³-hybridized carbons (Fsp3) is 0.650. The Hall–Kier alpha value is -1.35. The zero-order valence-corrected chi connectivity index (χ0v) is 14.8. The van der Waals surface area contributed by atoms with E-state index in [0.717, 1.165) is 48.8 Å². The topological polar surface area (TPSA) is 26.3 Å². The SMILES string of the molecule is CC(C(=O)OC1CC[N+](C)(C)CC1)(c1ccccc1)C1CCC1. The number of carbonyl (C=O) groups is 1. The van der Waals surface area contributed by atoms with E-state index in [-0.39, 0.29) is 12.1 Å². The van der Waals surface area contributed by atoms with Crippen LogP contribution < -0.4 is 0 Å². The molecule has 2 aliphatic rings. The van der Waals surface area contributed by atoms with Crippen molar-refractivity contribution in [2.45, 2.75) is 50.5 Å². The van der Waals surface area contributed by atoms with Gasteiger partial charge < -0.3 is 9.22 Å². The molecular weight excluding hydrogens is 286 g/mol. The Morgan fingerprint density at radius 2 is 1.70 bits per heavy atom. The molecule has 0 spiro atoms. The molecule has 1 aliphatic heterocycles. The summed E-state index contributed by atoms with van der Waals surface area (Å²) < 4.78 is 7.05. The first-order valence-electron chi connectivity index (χ1n) is 9.00. The van der Waals surface area contributed by atoms with Gasteiger partial charge in [-0.25, -0.2) is 0 Å². The van der Waals surface area contributed by atoms with E-state index in [4.69, 9.17) is 4.74 Å². The van der Waals surface area contributed by atoms with Crippen LogP contribution in [0.2, 0.25) is 0 Å². The van der Waals surface area contributed by atoms with Gasteiger partial charge in [0.15, 0.2) is 0 Å². The molecule has 1 unspecified atom stereocenters. The van der Waals surface area contributed by atoms with E-state index in [1.807, 2.05) is 18.2 Å². The van der Waals surface area contributed by atoms with Crippen molar-refractivity contribution in [2.24, 2.45) is 5.92 Å². The van der Waals surface area contributed by atoms with Gasteiger partial charge in [-0.05, 0) is 31.2 Å². The fourth-order valence-electron chi connectivity index (χ4n) is 3.92. The zero-order valence-electron chi connectivity index (χ0n) is 14.8. The Kier molecular flexibility index (Phi) is 4.50. The lowest BCUT2D eigenvalue weighted by molar-refractivity contribution is -0.896. The van der Waals surface area contributed by atoms with Gasteiger partial charge in [-0.1, -0.05) is 36.8 Å². The van der Waals surface area contributed by atoms with Crippen LogP contribution in [0.15, 0.2) is 30.3 Å². The van der Waals surface area contributed by atoms with Crippen molar-refractivity contribution < 1.29 is 14.0 Å². The lowest BCUT2D eigenvalue weighted by Gasteiger charge is -2.43. The summed E-state index contributed by atoms with van der Waals surface area (Å²) in [5.41, 5.74) is 0.628. The van der Waals surface area contributed by atoms with Gasteiger partial charge in [0.05, 0.1) is 32.6 Å². The van der Waals surface area contributed by atoms with Crippen molar-refractivity contribution >= 4 is 5.97 Å². The van der Waals surface area contributed by atoms with E-state index in [2.05, 4.69) is 33.2 Å². The molecule has 0 amide bonds. The first-order chi connectivity index (χ1) is 10.9. The van der Waals surface area contributed by atoms with Gasteiger partial charge >= 0.3 is 5.97 Å². The molecule has 126 valence electrons. The number of likely N-dealkylation sites (tertiary alicyclic amines) is 1. The molecule has 3 nitrogen and oxygen atoms in total. The standard InChI is InChI=1S/C20H30NO2/c1-20(17-10-7-11-17,16-8-5-4-6-9-16)19(22)23-18-12-14-21(2,3)15-13-18/h4-6,8-9,17-18H,7,10-15H2,1-3H3/q+1. The van der Waals surface area contributed by atoms with Crippen LogP contribution in [-0.2, 0) is 14.9 Å². The molecule has 23 heavy (non-hydrogen) atoms. The van der Waals surface area contributed by atoms with Crippen LogP contribution in [0.4, 0.5) is 0 Å². The Bertz CT molecular complexity index is 540. The van der Waals surface area contributed by atoms with E-state index in [0.29, 0.717) is 5.92 Å². The van der Waals surface area contributed by atoms with E-state index < -0.39 is 5.41 Å². The normalized spacial score (nSPS) is 24.5. The molecule has 1 aromatic rings. The maximum absolute atomic E-state index is 13.1. The summed E-state index contributed by atoms with van der Waals surface area (Å²) in [6.45, 7) is 4.27. The van der Waals surface area contributed by atoms with Crippen LogP contribution >= 0.6 is 0 Å². The Labute approximate surface area is 140 Å². The number of piperidine rings is 1. The van der Waals surface area contributed by atoms with Gasteiger partial charge in [-0.3, -0.25) is 4.79 Å². The smallest absolute Gasteiger partial charge is 0.316 e. The predicted octanol–water partition coefficient (Wildman–Crippen LogP) is 3.53. The van der Waals surface area contributed by atoms with Gasteiger partial charge in [0.25, 0.3) is 0 Å². The van der Waals surface area contributed by atoms with Gasteiger partial charge in [-0.2, -0.15) is 0 Å². The maximum atomic E-state index is 13.1. The van der Waals surface area contributed by atoms with Crippen LogP contribution in [0.1, 0.15) is 44.6 Å². The van der Waals surface area contributed by atoms with Crippen molar-refractivity contribution in [3.63, 3.8) is 0 Å². The Morgan fingerprint density at radius 1 is 1.09 bits per heavy atom. The monoisotopic (exact) mass is 316 g/mol. The number of rotatable bonds is 4. The maximum Gasteiger partial charge on any atom is 0.316 e. The molecule has 0 radical (unpaired) electrons. The van der Waals surface area contributed by atoms with Crippen molar-refractivity contribution in [2.75, 3.05) is 27.2 Å². The third-order valence-corrected chi connectivity index (χ3v) is 6.11. The predicted molar refractivity (Wildman–Crippen MR) is 92.1 cm³/mol. The summed E-state index contributed by atoms with van der Waals surface area (Å²) >= 11 is 0. The second kappa shape index (κ2) is 6.27. The van der Waals surface area contributed by atoms with Crippen LogP contribution in [0.3, 0.4) is 0 Å². The largest absolute Gasteiger partial charge is 0.461 e. The summed E-state index contributed by atoms with van der Waals surface area (Å²) in [7, 11) is 4.50. The minimum atomic E-state index is -0.485. The van der Waals surface area contributed by atoms with Crippen molar-refractivity contribution in [3.05, 3.63) is 35.9 Å². The first-order valence-corrected chi connectivity index (χ1v) is 9.00. The molecule has 1 heterocycles. The summed E-state index contributed by atoms with van der Waals surface area (Å²) in [5, 5.41) is 0. The number of hydrogen-bond donors (Lipinski definition) is 0. The number of hydrogen-bond acceptors (Lipinski definition) is 2. The third kappa shape index (κ3) is 3.30. The highest BCUT2D eigenvalue weighted by Crippen LogP contribution is 2.45. The van der Waals surface area contributed by atoms with E-state index in [9.17, 15) is 4.79 Å². The zero-order chi connectivity index (χ0) is 16.5. The van der Waals surface area contributed by atoms with Gasteiger partial charge in [-0.15, -0.1) is 0 Å². The molecular formula is C20H30NO2+. The number of esters is 1. The number of benzene rings is 1. The number of nitrogens with zero attached hydrogens (tertiary/aromatic N) is 1. The molecule has 0 bridgehead atoms. The minimum absolute atomic E-state index is 0.00870. The molecule has 1 saturated heterocycles. The van der Waals surface area contributed by atoms with Crippen LogP contribution in [0.5, 0.6) is 0 Å². The van der Waals surface area contributed by atoms with Crippen LogP contribution in [0.25, 0.3) is 0 Å². The van der Waals surface area contributed by atoms with E-state index in [1.165, 1.54) is 6.42 Å². The third-order valence-electron chi connectivity index (χ3n) is 6.11. The van der Waals surface area contributed by atoms with Gasteiger partial charge in [0.1, 0.15) is 6.10 Å².